The predicted octanol–water partition coefficient (Wildman–Crippen LogP) is 7.44. The third-order valence-electron chi connectivity index (χ3n) is 4.88. The number of pyridine rings is 1. The molecule has 1 heterocycles. The predicted molar refractivity (Wildman–Crippen MR) is 140 cm³/mol. The van der Waals surface area contributed by atoms with Crippen molar-refractivity contribution >= 4 is 23.5 Å². The lowest BCUT2D eigenvalue weighted by Gasteiger charge is -2.14. The van der Waals surface area contributed by atoms with E-state index in [-0.39, 0.29) is 0 Å². The van der Waals surface area contributed by atoms with E-state index in [0.717, 1.165) is 37.9 Å². The molecule has 0 spiro atoms. The fourth-order valence-corrected chi connectivity index (χ4v) is 3.93. The van der Waals surface area contributed by atoms with Crippen molar-refractivity contribution in [1.82, 2.24) is 4.98 Å². The molecule has 0 fully saturated rings. The number of nitrogens with zero attached hydrogens (tertiary/aromatic N) is 1. The third kappa shape index (κ3) is 13.9. The number of aromatic nitrogens is 1. The third-order valence-corrected chi connectivity index (χ3v) is 5.85. The summed E-state index contributed by atoms with van der Waals surface area (Å²) in [4.78, 5) is 15.8. The zero-order chi connectivity index (χ0) is 23.8. The molecule has 0 saturated heterocycles. The Bertz CT molecular complexity index is 802. The zero-order valence-electron chi connectivity index (χ0n) is 20.4. The molecule has 1 rings (SSSR count). The van der Waals surface area contributed by atoms with Crippen LogP contribution in [0, 0.1) is 0 Å². The molecule has 1 atom stereocenters. The summed E-state index contributed by atoms with van der Waals surface area (Å²) in [6.07, 6.45) is 16.1. The Kier molecular flexibility index (Phi) is 14.2. The van der Waals surface area contributed by atoms with Crippen LogP contribution in [-0.4, -0.2) is 33.6 Å². The van der Waals surface area contributed by atoms with Crippen molar-refractivity contribution in [2.24, 2.45) is 0 Å². The number of allylic oxidation sites excluding steroid dienone is 7. The van der Waals surface area contributed by atoms with Gasteiger partial charge in [-0.1, -0.05) is 52.7 Å². The van der Waals surface area contributed by atoms with Crippen LogP contribution in [0.5, 0.6) is 0 Å². The number of hydrogen-bond donors (Lipinski definition) is 2. The summed E-state index contributed by atoms with van der Waals surface area (Å²) in [5.41, 5.74) is 5.56. The molecule has 2 N–H and O–H groups in total. The first-order valence-electron chi connectivity index (χ1n) is 11.4. The Balaban J connectivity index is 2.58. The van der Waals surface area contributed by atoms with Crippen LogP contribution in [0.25, 0.3) is 0 Å². The first-order chi connectivity index (χ1) is 15.3. The van der Waals surface area contributed by atoms with Gasteiger partial charge in [-0.15, -0.1) is 0 Å². The van der Waals surface area contributed by atoms with Crippen LogP contribution in [0.2, 0.25) is 0 Å². The average molecular weight is 457 g/mol. The Morgan fingerprint density at radius 3 is 2.38 bits per heavy atom. The summed E-state index contributed by atoms with van der Waals surface area (Å²) in [5, 5.41) is 12.5. The number of carbonyl (C=O) groups is 1. The molecular formula is C27H40N2O2S. The van der Waals surface area contributed by atoms with Gasteiger partial charge >= 0.3 is 5.97 Å². The number of rotatable bonds is 15. The lowest BCUT2D eigenvalue weighted by atomic mass is 10.0. The molecule has 0 bridgehead atoms. The first kappa shape index (κ1) is 27.8. The summed E-state index contributed by atoms with van der Waals surface area (Å²) in [6.45, 7) is 10.8. The second kappa shape index (κ2) is 16.4. The largest absolute Gasteiger partial charge is 0.480 e. The van der Waals surface area contributed by atoms with Crippen molar-refractivity contribution in [3.8, 4) is 0 Å². The Morgan fingerprint density at radius 2 is 1.75 bits per heavy atom. The summed E-state index contributed by atoms with van der Waals surface area (Å²) < 4.78 is 0. The highest BCUT2D eigenvalue weighted by Crippen LogP contribution is 2.17. The second-order valence-electron chi connectivity index (χ2n) is 8.54. The Morgan fingerprint density at radius 1 is 1.03 bits per heavy atom. The van der Waals surface area contributed by atoms with Crippen LogP contribution in [0.15, 0.2) is 71.0 Å². The van der Waals surface area contributed by atoms with E-state index < -0.39 is 12.0 Å². The molecule has 1 aromatic heterocycles. The van der Waals surface area contributed by atoms with Gasteiger partial charge in [-0.3, -0.25) is 0 Å². The van der Waals surface area contributed by atoms with E-state index in [2.05, 4.69) is 69.2 Å². The van der Waals surface area contributed by atoms with Crippen LogP contribution in [0.3, 0.4) is 0 Å². The minimum absolute atomic E-state index is 0.488. The van der Waals surface area contributed by atoms with Crippen molar-refractivity contribution in [3.63, 3.8) is 0 Å². The maximum Gasteiger partial charge on any atom is 0.327 e. The SMILES string of the molecule is CC(C)=CCC/C(C)=C/CC/C(=C/CSCC(Nc1ccccn1)C(=O)O)CC=C(C)C. The second-order valence-corrected chi connectivity index (χ2v) is 9.62. The van der Waals surface area contributed by atoms with E-state index in [4.69, 9.17) is 0 Å². The number of aliphatic carboxylic acids is 1. The van der Waals surface area contributed by atoms with E-state index in [1.54, 1.807) is 24.0 Å². The summed E-state index contributed by atoms with van der Waals surface area (Å²) in [7, 11) is 0. The van der Waals surface area contributed by atoms with Crippen LogP contribution >= 0.6 is 11.8 Å². The minimum atomic E-state index is -0.856. The number of thioether (sulfide) groups is 1. The van der Waals surface area contributed by atoms with E-state index >= 15 is 0 Å². The molecule has 5 heteroatoms. The molecule has 0 saturated carbocycles. The molecule has 4 nitrogen and oxygen atoms in total. The smallest absolute Gasteiger partial charge is 0.327 e. The van der Waals surface area contributed by atoms with Gasteiger partial charge in [0.05, 0.1) is 0 Å². The highest BCUT2D eigenvalue weighted by Gasteiger charge is 2.17. The maximum atomic E-state index is 11.6. The first-order valence-corrected chi connectivity index (χ1v) is 12.5. The van der Waals surface area contributed by atoms with Gasteiger partial charge in [0.1, 0.15) is 11.9 Å². The molecule has 0 aliphatic rings. The number of hydrogen-bond acceptors (Lipinski definition) is 4. The van der Waals surface area contributed by atoms with Crippen molar-refractivity contribution in [2.75, 3.05) is 16.8 Å². The molecule has 176 valence electrons. The molecule has 0 radical (unpaired) electrons. The molecule has 0 aliphatic heterocycles. The standard InChI is InChI=1S/C27H40N2O2S/c1-21(2)10-8-11-23(5)12-9-13-24(16-15-22(3)4)17-19-32-20-25(27(30)31)29-26-14-6-7-18-28-26/h6-7,10,12,14-15,17-18,25H,8-9,11,13,16,19-20H2,1-5H3,(H,28,29)(H,30,31)/b23-12+,24-17-. The van der Waals surface area contributed by atoms with E-state index in [1.807, 2.05) is 12.1 Å². The minimum Gasteiger partial charge on any atom is -0.480 e. The Hall–Kier alpha value is -2.27. The van der Waals surface area contributed by atoms with Gasteiger partial charge in [0.25, 0.3) is 0 Å². The highest BCUT2D eigenvalue weighted by atomic mass is 32.2. The quantitative estimate of drug-likeness (QED) is 0.212. The molecule has 0 amide bonds. The number of carboxylic acid groups (broad SMARTS) is 1. The fraction of sp³-hybridized carbons (Fsp3) is 0.481. The van der Waals surface area contributed by atoms with Gasteiger partial charge in [-0.2, -0.15) is 11.8 Å². The van der Waals surface area contributed by atoms with Gasteiger partial charge in [0.2, 0.25) is 0 Å². The zero-order valence-corrected chi connectivity index (χ0v) is 21.2. The lowest BCUT2D eigenvalue weighted by molar-refractivity contribution is -0.137. The number of nitrogens with one attached hydrogen (secondary N) is 1. The van der Waals surface area contributed by atoms with Gasteiger partial charge in [0, 0.05) is 17.7 Å². The van der Waals surface area contributed by atoms with E-state index in [1.165, 1.54) is 22.3 Å². The monoisotopic (exact) mass is 456 g/mol. The van der Waals surface area contributed by atoms with Gasteiger partial charge in [0.15, 0.2) is 0 Å². The maximum absolute atomic E-state index is 11.6. The summed E-state index contributed by atoms with van der Waals surface area (Å²) in [6, 6.07) is 4.79. The summed E-state index contributed by atoms with van der Waals surface area (Å²) in [5.74, 6) is 1.03. The average Bonchev–Trinajstić information content (AvgIpc) is 2.73. The van der Waals surface area contributed by atoms with Crippen molar-refractivity contribution in [3.05, 3.63) is 71.0 Å². The number of anilines is 1. The molecule has 32 heavy (non-hydrogen) atoms. The molecular weight excluding hydrogens is 416 g/mol. The van der Waals surface area contributed by atoms with Crippen molar-refractivity contribution in [2.45, 2.75) is 72.8 Å². The molecule has 1 aromatic rings. The van der Waals surface area contributed by atoms with Crippen molar-refractivity contribution < 1.29 is 9.90 Å². The number of carboxylic acids is 1. The van der Waals surface area contributed by atoms with Gasteiger partial charge in [-0.25, -0.2) is 9.78 Å². The van der Waals surface area contributed by atoms with E-state index in [0.29, 0.717) is 11.6 Å². The van der Waals surface area contributed by atoms with Crippen molar-refractivity contribution in [1.29, 1.82) is 0 Å². The highest BCUT2D eigenvalue weighted by molar-refractivity contribution is 7.99. The fourth-order valence-electron chi connectivity index (χ4n) is 2.98. The molecule has 0 aromatic carbocycles. The van der Waals surface area contributed by atoms with Gasteiger partial charge in [-0.05, 0) is 78.9 Å². The van der Waals surface area contributed by atoms with Crippen LogP contribution in [0.1, 0.15) is 66.7 Å². The van der Waals surface area contributed by atoms with E-state index in [9.17, 15) is 9.90 Å². The van der Waals surface area contributed by atoms with Crippen LogP contribution < -0.4 is 5.32 Å². The Labute approximate surface area is 199 Å². The van der Waals surface area contributed by atoms with Gasteiger partial charge < -0.3 is 10.4 Å². The van der Waals surface area contributed by atoms with Crippen LogP contribution in [-0.2, 0) is 4.79 Å². The lowest BCUT2D eigenvalue weighted by Crippen LogP contribution is -2.32. The topological polar surface area (TPSA) is 62.2 Å². The molecule has 1 unspecified atom stereocenters. The normalized spacial score (nSPS) is 12.8. The summed E-state index contributed by atoms with van der Waals surface area (Å²) >= 11 is 1.63. The van der Waals surface area contributed by atoms with Crippen LogP contribution in [0.4, 0.5) is 5.82 Å². The molecule has 0 aliphatic carbocycles.